The van der Waals surface area contributed by atoms with Crippen molar-refractivity contribution < 1.29 is 4.39 Å². The van der Waals surface area contributed by atoms with Gasteiger partial charge in [-0.15, -0.1) is 11.3 Å². The fraction of sp³-hybridized carbons (Fsp3) is 0.400. The highest BCUT2D eigenvalue weighted by molar-refractivity contribution is 7.11. The molecule has 1 aromatic heterocycles. The molecule has 2 aromatic rings. The van der Waals surface area contributed by atoms with E-state index in [1.165, 1.54) is 10.9 Å². The van der Waals surface area contributed by atoms with E-state index in [0.717, 1.165) is 41.1 Å². The second-order valence-corrected chi connectivity index (χ2v) is 6.35. The molecule has 0 aliphatic heterocycles. The maximum Gasteiger partial charge on any atom is 0.123 e. The van der Waals surface area contributed by atoms with E-state index in [4.69, 9.17) is 10.7 Å². The van der Waals surface area contributed by atoms with Gasteiger partial charge in [-0.2, -0.15) is 0 Å². The second-order valence-electron chi connectivity index (χ2n) is 5.15. The number of thiazole rings is 1. The molecule has 0 saturated carbocycles. The lowest BCUT2D eigenvalue weighted by atomic mass is 9.94. The Morgan fingerprint density at radius 3 is 2.95 bits per heavy atom. The average Bonchev–Trinajstić information content (AvgIpc) is 2.92. The number of hydrogen-bond acceptors (Lipinski definition) is 3. The summed E-state index contributed by atoms with van der Waals surface area (Å²) >= 11 is 1.67. The number of nitrogens with two attached hydrogens (primary N) is 1. The van der Waals surface area contributed by atoms with Gasteiger partial charge in [0.1, 0.15) is 10.8 Å². The van der Waals surface area contributed by atoms with Crippen LogP contribution in [0.1, 0.15) is 40.1 Å². The van der Waals surface area contributed by atoms with Gasteiger partial charge in [0.05, 0.1) is 11.2 Å². The van der Waals surface area contributed by atoms with Crippen molar-refractivity contribution >= 4 is 11.3 Å². The second kappa shape index (κ2) is 4.39. The van der Waals surface area contributed by atoms with Gasteiger partial charge in [-0.25, -0.2) is 9.37 Å². The van der Waals surface area contributed by atoms with Gasteiger partial charge in [-0.05, 0) is 49.4 Å². The monoisotopic (exact) mass is 276 g/mol. The Hall–Kier alpha value is -1.26. The minimum Gasteiger partial charge on any atom is -0.316 e. The van der Waals surface area contributed by atoms with Gasteiger partial charge in [0, 0.05) is 4.88 Å². The Labute approximate surface area is 116 Å². The molecular formula is C15H17FN2S. The zero-order valence-corrected chi connectivity index (χ0v) is 12.0. The molecule has 1 aromatic carbocycles. The largest absolute Gasteiger partial charge is 0.316 e. The van der Waals surface area contributed by atoms with Crippen LogP contribution < -0.4 is 5.73 Å². The lowest BCUT2D eigenvalue weighted by Crippen LogP contribution is -2.35. The zero-order chi connectivity index (χ0) is 13.6. The Morgan fingerprint density at radius 1 is 1.47 bits per heavy atom. The number of nitrogens with zero attached hydrogens (tertiary/aromatic N) is 1. The van der Waals surface area contributed by atoms with Gasteiger partial charge in [-0.3, -0.25) is 0 Å². The van der Waals surface area contributed by atoms with Gasteiger partial charge in [0.25, 0.3) is 0 Å². The van der Waals surface area contributed by atoms with E-state index in [2.05, 4.69) is 13.8 Å². The van der Waals surface area contributed by atoms with Crippen LogP contribution in [0.5, 0.6) is 0 Å². The van der Waals surface area contributed by atoms with E-state index >= 15 is 0 Å². The summed E-state index contributed by atoms with van der Waals surface area (Å²) in [5.41, 5.74) is 9.25. The maximum atomic E-state index is 13.3. The SMILES string of the molecule is CCc1nc(C2(N)CCc3cc(F)ccc32)sc1C. The van der Waals surface area contributed by atoms with Crippen LogP contribution in [-0.2, 0) is 18.4 Å². The molecule has 0 saturated heterocycles. The summed E-state index contributed by atoms with van der Waals surface area (Å²) in [5, 5.41) is 0.965. The van der Waals surface area contributed by atoms with Crippen LogP contribution in [0.25, 0.3) is 0 Å². The first kappa shape index (κ1) is 12.8. The first-order chi connectivity index (χ1) is 9.04. The van der Waals surface area contributed by atoms with Gasteiger partial charge in [0.2, 0.25) is 0 Å². The lowest BCUT2D eigenvalue weighted by Gasteiger charge is -2.22. The number of rotatable bonds is 2. The summed E-state index contributed by atoms with van der Waals surface area (Å²) in [4.78, 5) is 5.94. The third kappa shape index (κ3) is 1.90. The highest BCUT2D eigenvalue weighted by Gasteiger charge is 2.39. The fourth-order valence-corrected chi connectivity index (χ4v) is 3.99. The number of aryl methyl sites for hydroxylation is 3. The molecule has 1 unspecified atom stereocenters. The van der Waals surface area contributed by atoms with Crippen LogP contribution in [0.3, 0.4) is 0 Å². The topological polar surface area (TPSA) is 38.9 Å². The van der Waals surface area contributed by atoms with Crippen molar-refractivity contribution in [1.29, 1.82) is 0 Å². The molecule has 1 atom stereocenters. The molecule has 0 bridgehead atoms. The molecule has 0 spiro atoms. The molecule has 0 radical (unpaired) electrons. The van der Waals surface area contributed by atoms with E-state index in [0.29, 0.717) is 0 Å². The van der Waals surface area contributed by atoms with Crippen molar-refractivity contribution in [3.63, 3.8) is 0 Å². The lowest BCUT2D eigenvalue weighted by molar-refractivity contribution is 0.529. The van der Waals surface area contributed by atoms with Crippen molar-refractivity contribution in [1.82, 2.24) is 4.98 Å². The van der Waals surface area contributed by atoms with Crippen molar-refractivity contribution in [2.75, 3.05) is 0 Å². The van der Waals surface area contributed by atoms with E-state index in [9.17, 15) is 4.39 Å². The molecule has 100 valence electrons. The smallest absolute Gasteiger partial charge is 0.123 e. The van der Waals surface area contributed by atoms with Gasteiger partial charge in [0.15, 0.2) is 0 Å². The van der Waals surface area contributed by atoms with Crippen molar-refractivity contribution in [2.24, 2.45) is 5.73 Å². The number of hydrogen-bond donors (Lipinski definition) is 1. The van der Waals surface area contributed by atoms with Crippen LogP contribution in [0.4, 0.5) is 4.39 Å². The molecule has 1 aliphatic rings. The van der Waals surface area contributed by atoms with E-state index in [-0.39, 0.29) is 5.82 Å². The number of benzene rings is 1. The molecule has 0 fully saturated rings. The highest BCUT2D eigenvalue weighted by Crippen LogP contribution is 2.42. The molecule has 3 rings (SSSR count). The number of aromatic nitrogens is 1. The highest BCUT2D eigenvalue weighted by atomic mass is 32.1. The maximum absolute atomic E-state index is 13.3. The van der Waals surface area contributed by atoms with Crippen molar-refractivity contribution in [3.05, 3.63) is 50.7 Å². The van der Waals surface area contributed by atoms with Crippen molar-refractivity contribution in [2.45, 2.75) is 38.6 Å². The predicted molar refractivity (Wildman–Crippen MR) is 75.9 cm³/mol. The minimum absolute atomic E-state index is 0.187. The minimum atomic E-state index is -0.536. The van der Waals surface area contributed by atoms with Gasteiger partial charge < -0.3 is 5.73 Å². The Kier molecular flexibility index (Phi) is 2.95. The third-order valence-electron chi connectivity index (χ3n) is 3.95. The predicted octanol–water partition coefficient (Wildman–Crippen LogP) is 3.30. The Balaban J connectivity index is 2.10. The zero-order valence-electron chi connectivity index (χ0n) is 11.2. The van der Waals surface area contributed by atoms with E-state index in [1.807, 2.05) is 6.07 Å². The first-order valence-electron chi connectivity index (χ1n) is 6.59. The summed E-state index contributed by atoms with van der Waals surface area (Å²) in [6.45, 7) is 4.19. The molecule has 2 N–H and O–H groups in total. The third-order valence-corrected chi connectivity index (χ3v) is 5.14. The van der Waals surface area contributed by atoms with Crippen LogP contribution >= 0.6 is 11.3 Å². The van der Waals surface area contributed by atoms with Gasteiger partial charge >= 0.3 is 0 Å². The molecular weight excluding hydrogens is 259 g/mol. The summed E-state index contributed by atoms with van der Waals surface area (Å²) in [5.74, 6) is -0.187. The molecule has 4 heteroatoms. The van der Waals surface area contributed by atoms with Crippen LogP contribution in [0.15, 0.2) is 18.2 Å². The molecule has 1 heterocycles. The normalized spacial score (nSPS) is 21.7. The average molecular weight is 276 g/mol. The standard InChI is InChI=1S/C15H17FN2S/c1-3-13-9(2)19-14(18-13)15(17)7-6-10-8-11(16)4-5-12(10)15/h4-5,8H,3,6-7,17H2,1-2H3. The molecule has 1 aliphatic carbocycles. The molecule has 2 nitrogen and oxygen atoms in total. The summed E-state index contributed by atoms with van der Waals surface area (Å²) < 4.78 is 13.3. The van der Waals surface area contributed by atoms with Crippen LogP contribution in [0.2, 0.25) is 0 Å². The summed E-state index contributed by atoms with van der Waals surface area (Å²) in [6.07, 6.45) is 2.56. The number of fused-ring (bicyclic) bond motifs is 1. The first-order valence-corrected chi connectivity index (χ1v) is 7.41. The van der Waals surface area contributed by atoms with Crippen LogP contribution in [0, 0.1) is 12.7 Å². The van der Waals surface area contributed by atoms with E-state index < -0.39 is 5.54 Å². The fourth-order valence-electron chi connectivity index (χ4n) is 2.84. The molecule has 19 heavy (non-hydrogen) atoms. The summed E-state index contributed by atoms with van der Waals surface area (Å²) in [7, 11) is 0. The number of halogens is 1. The Morgan fingerprint density at radius 2 is 2.26 bits per heavy atom. The summed E-state index contributed by atoms with van der Waals surface area (Å²) in [6, 6.07) is 4.91. The van der Waals surface area contributed by atoms with Gasteiger partial charge in [-0.1, -0.05) is 13.0 Å². The van der Waals surface area contributed by atoms with Crippen molar-refractivity contribution in [3.8, 4) is 0 Å². The van der Waals surface area contributed by atoms with E-state index in [1.54, 1.807) is 17.4 Å². The van der Waals surface area contributed by atoms with Crippen LogP contribution in [-0.4, -0.2) is 4.98 Å². The molecule has 0 amide bonds. The quantitative estimate of drug-likeness (QED) is 0.914. The Bertz CT molecular complexity index is 635.